The van der Waals surface area contributed by atoms with Crippen molar-refractivity contribution in [2.45, 2.75) is 26.2 Å². The third-order valence-electron chi connectivity index (χ3n) is 1.96. The maximum absolute atomic E-state index is 11.1. The molecule has 0 aromatic carbocycles. The molecule has 4 nitrogen and oxygen atoms in total. The maximum atomic E-state index is 11.1. The molecule has 0 bridgehead atoms. The van der Waals surface area contributed by atoms with Gasteiger partial charge >= 0.3 is 5.97 Å². The monoisotopic (exact) mass is 199 g/mol. The fourth-order valence-electron chi connectivity index (χ4n) is 0.965. The van der Waals surface area contributed by atoms with E-state index in [0.717, 1.165) is 0 Å². The van der Waals surface area contributed by atoms with E-state index in [-0.39, 0.29) is 12.5 Å². The van der Waals surface area contributed by atoms with Crippen LogP contribution in [-0.4, -0.2) is 23.5 Å². The lowest BCUT2D eigenvalue weighted by molar-refractivity contribution is -0.141. The van der Waals surface area contributed by atoms with Crippen molar-refractivity contribution in [3.05, 3.63) is 12.7 Å². The van der Waals surface area contributed by atoms with E-state index in [1.54, 1.807) is 13.0 Å². The van der Waals surface area contributed by atoms with E-state index in [1.165, 1.54) is 0 Å². The normalized spacial score (nSPS) is 11.8. The summed E-state index contributed by atoms with van der Waals surface area (Å²) >= 11 is 0. The summed E-state index contributed by atoms with van der Waals surface area (Å²) in [5.74, 6) is -1.47. The van der Waals surface area contributed by atoms with Crippen molar-refractivity contribution >= 4 is 11.9 Å². The van der Waals surface area contributed by atoms with Crippen molar-refractivity contribution in [3.63, 3.8) is 0 Å². The smallest absolute Gasteiger partial charge is 0.308 e. The molecular weight excluding hydrogens is 182 g/mol. The summed E-state index contributed by atoms with van der Waals surface area (Å²) in [6, 6.07) is 0. The molecule has 0 aliphatic rings. The van der Waals surface area contributed by atoms with E-state index >= 15 is 0 Å². The molecule has 0 radical (unpaired) electrons. The second kappa shape index (κ2) is 7.12. The lowest BCUT2D eigenvalue weighted by atomic mass is 10.1. The first kappa shape index (κ1) is 12.7. The molecule has 0 saturated carbocycles. The zero-order valence-corrected chi connectivity index (χ0v) is 8.45. The lowest BCUT2D eigenvalue weighted by Crippen LogP contribution is -2.32. The zero-order chi connectivity index (χ0) is 11.0. The van der Waals surface area contributed by atoms with Gasteiger partial charge in [0, 0.05) is 13.0 Å². The predicted octanol–water partition coefficient (Wildman–Crippen LogP) is 1.18. The van der Waals surface area contributed by atoms with E-state index in [4.69, 9.17) is 5.11 Å². The van der Waals surface area contributed by atoms with Gasteiger partial charge in [-0.1, -0.05) is 13.0 Å². The zero-order valence-electron chi connectivity index (χ0n) is 8.45. The molecule has 1 unspecified atom stereocenters. The highest BCUT2D eigenvalue weighted by Crippen LogP contribution is 2.00. The average Bonchev–Trinajstić information content (AvgIpc) is 2.15. The molecule has 0 heterocycles. The minimum atomic E-state index is -0.864. The highest BCUT2D eigenvalue weighted by Gasteiger charge is 2.15. The Morgan fingerprint density at radius 3 is 2.64 bits per heavy atom. The Bertz CT molecular complexity index is 213. The van der Waals surface area contributed by atoms with Crippen molar-refractivity contribution in [2.24, 2.45) is 5.92 Å². The lowest BCUT2D eigenvalue weighted by Gasteiger charge is -2.10. The van der Waals surface area contributed by atoms with Crippen LogP contribution in [0.15, 0.2) is 12.7 Å². The first-order valence-electron chi connectivity index (χ1n) is 4.72. The van der Waals surface area contributed by atoms with Gasteiger partial charge in [0.25, 0.3) is 0 Å². The van der Waals surface area contributed by atoms with Gasteiger partial charge in [0.05, 0.1) is 5.92 Å². The molecule has 0 saturated heterocycles. The SMILES string of the molecule is C=CCCC(=O)NCC(CC)C(=O)O. The fraction of sp³-hybridized carbons (Fsp3) is 0.600. The van der Waals surface area contributed by atoms with Crippen LogP contribution in [0, 0.1) is 5.92 Å². The Balaban J connectivity index is 3.73. The van der Waals surface area contributed by atoms with Gasteiger partial charge in [0.15, 0.2) is 0 Å². The van der Waals surface area contributed by atoms with Crippen LogP contribution in [0.4, 0.5) is 0 Å². The highest BCUT2D eigenvalue weighted by atomic mass is 16.4. The molecular formula is C10H17NO3. The van der Waals surface area contributed by atoms with E-state index in [1.807, 2.05) is 0 Å². The highest BCUT2D eigenvalue weighted by molar-refractivity contribution is 5.77. The van der Waals surface area contributed by atoms with Crippen molar-refractivity contribution in [3.8, 4) is 0 Å². The molecule has 14 heavy (non-hydrogen) atoms. The third kappa shape index (κ3) is 5.35. The van der Waals surface area contributed by atoms with Gasteiger partial charge in [-0.25, -0.2) is 0 Å². The summed E-state index contributed by atoms with van der Waals surface area (Å²) in [5.41, 5.74) is 0. The third-order valence-corrected chi connectivity index (χ3v) is 1.96. The van der Waals surface area contributed by atoms with Gasteiger partial charge < -0.3 is 10.4 Å². The first-order chi connectivity index (χ1) is 6.61. The second-order valence-corrected chi connectivity index (χ2v) is 3.07. The molecule has 0 aliphatic carbocycles. The second-order valence-electron chi connectivity index (χ2n) is 3.07. The van der Waals surface area contributed by atoms with Crippen molar-refractivity contribution in [1.29, 1.82) is 0 Å². The molecule has 0 fully saturated rings. The summed E-state index contributed by atoms with van der Waals surface area (Å²) < 4.78 is 0. The predicted molar refractivity (Wildman–Crippen MR) is 53.9 cm³/mol. The number of carboxylic acids is 1. The number of nitrogens with one attached hydrogen (secondary N) is 1. The van der Waals surface area contributed by atoms with E-state index < -0.39 is 11.9 Å². The minimum Gasteiger partial charge on any atom is -0.481 e. The van der Waals surface area contributed by atoms with E-state index in [9.17, 15) is 9.59 Å². The van der Waals surface area contributed by atoms with Crippen molar-refractivity contribution in [2.75, 3.05) is 6.54 Å². The summed E-state index contributed by atoms with van der Waals surface area (Å²) in [7, 11) is 0. The number of amides is 1. The number of carboxylic acid groups (broad SMARTS) is 1. The standard InChI is InChI=1S/C10H17NO3/c1-3-5-6-9(12)11-7-8(4-2)10(13)14/h3,8H,1,4-7H2,2H3,(H,11,12)(H,13,14). The Kier molecular flexibility index (Phi) is 6.45. The molecule has 1 amide bonds. The molecule has 0 aromatic heterocycles. The molecule has 80 valence electrons. The Morgan fingerprint density at radius 2 is 2.21 bits per heavy atom. The number of hydrogen-bond acceptors (Lipinski definition) is 2. The number of carbonyl (C=O) groups excluding carboxylic acids is 1. The Hall–Kier alpha value is -1.32. The molecule has 0 rings (SSSR count). The number of aliphatic carboxylic acids is 1. The van der Waals surface area contributed by atoms with Gasteiger partial charge in [-0.05, 0) is 12.8 Å². The minimum absolute atomic E-state index is 0.121. The summed E-state index contributed by atoms with van der Waals surface area (Å²) in [6.45, 7) is 5.49. The van der Waals surface area contributed by atoms with Crippen molar-refractivity contribution in [1.82, 2.24) is 5.32 Å². The van der Waals surface area contributed by atoms with Gasteiger partial charge in [0.2, 0.25) is 5.91 Å². The Labute approximate surface area is 84.0 Å². The number of carbonyl (C=O) groups is 2. The first-order valence-corrected chi connectivity index (χ1v) is 4.72. The molecule has 2 N–H and O–H groups in total. The molecule has 0 aliphatic heterocycles. The Morgan fingerprint density at radius 1 is 1.57 bits per heavy atom. The van der Waals surface area contributed by atoms with Crippen LogP contribution >= 0.6 is 0 Å². The largest absolute Gasteiger partial charge is 0.481 e. The number of hydrogen-bond donors (Lipinski definition) is 2. The average molecular weight is 199 g/mol. The van der Waals surface area contributed by atoms with Crippen LogP contribution in [-0.2, 0) is 9.59 Å². The van der Waals surface area contributed by atoms with Crippen LogP contribution < -0.4 is 5.32 Å². The van der Waals surface area contributed by atoms with E-state index in [2.05, 4.69) is 11.9 Å². The summed E-state index contributed by atoms with van der Waals surface area (Å²) in [5, 5.41) is 11.3. The van der Waals surface area contributed by atoms with Gasteiger partial charge in [0.1, 0.15) is 0 Å². The van der Waals surface area contributed by atoms with Crippen LogP contribution in [0.5, 0.6) is 0 Å². The van der Waals surface area contributed by atoms with Crippen LogP contribution in [0.3, 0.4) is 0 Å². The van der Waals surface area contributed by atoms with Gasteiger partial charge in [-0.2, -0.15) is 0 Å². The van der Waals surface area contributed by atoms with Crippen LogP contribution in [0.2, 0.25) is 0 Å². The molecule has 0 spiro atoms. The van der Waals surface area contributed by atoms with Crippen LogP contribution in [0.1, 0.15) is 26.2 Å². The molecule has 0 aromatic rings. The van der Waals surface area contributed by atoms with Crippen LogP contribution in [0.25, 0.3) is 0 Å². The summed E-state index contributed by atoms with van der Waals surface area (Å²) in [6.07, 6.45) is 3.18. The number of allylic oxidation sites excluding steroid dienone is 1. The maximum Gasteiger partial charge on any atom is 0.308 e. The fourth-order valence-corrected chi connectivity index (χ4v) is 0.965. The van der Waals surface area contributed by atoms with Gasteiger partial charge in [-0.3, -0.25) is 9.59 Å². The topological polar surface area (TPSA) is 66.4 Å². The molecule has 1 atom stereocenters. The van der Waals surface area contributed by atoms with E-state index in [0.29, 0.717) is 19.3 Å². The van der Waals surface area contributed by atoms with Crippen molar-refractivity contribution < 1.29 is 14.7 Å². The molecule has 4 heteroatoms. The van der Waals surface area contributed by atoms with Gasteiger partial charge in [-0.15, -0.1) is 6.58 Å². The summed E-state index contributed by atoms with van der Waals surface area (Å²) in [4.78, 5) is 21.7. The quantitative estimate of drug-likeness (QED) is 0.605. The number of rotatable bonds is 7.